The molecule has 2 N–H and O–H groups in total. The van der Waals surface area contributed by atoms with Gasteiger partial charge in [-0.15, -0.1) is 0 Å². The fourth-order valence-electron chi connectivity index (χ4n) is 2.54. The average Bonchev–Trinajstić information content (AvgIpc) is 2.36. The molecule has 1 aliphatic rings. The van der Waals surface area contributed by atoms with Crippen molar-refractivity contribution >= 4 is 12.0 Å². The zero-order valence-corrected chi connectivity index (χ0v) is 13.7. The van der Waals surface area contributed by atoms with Crippen molar-refractivity contribution in [1.29, 1.82) is 0 Å². The minimum absolute atomic E-state index is 0.0289. The molecule has 0 radical (unpaired) electrons. The Balaban J connectivity index is 2.46. The van der Waals surface area contributed by atoms with Crippen molar-refractivity contribution in [3.63, 3.8) is 0 Å². The third kappa shape index (κ3) is 6.33. The Kier molecular flexibility index (Phi) is 6.45. The number of hydrogen-bond acceptors (Lipinski definition) is 3. The second-order valence-corrected chi connectivity index (χ2v) is 6.90. The Morgan fingerprint density at radius 1 is 1.29 bits per heavy atom. The lowest BCUT2D eigenvalue weighted by atomic mass is 9.97. The summed E-state index contributed by atoms with van der Waals surface area (Å²) in [5.74, 6) is -0.362. The third-order valence-electron chi connectivity index (χ3n) is 3.98. The zero-order valence-electron chi connectivity index (χ0n) is 13.7. The maximum absolute atomic E-state index is 12.3. The number of nitrogens with zero attached hydrogens (tertiary/aromatic N) is 2. The van der Waals surface area contributed by atoms with E-state index in [-0.39, 0.29) is 24.5 Å². The van der Waals surface area contributed by atoms with Crippen LogP contribution in [0.2, 0.25) is 0 Å². The third-order valence-corrected chi connectivity index (χ3v) is 3.98. The molecule has 0 bridgehead atoms. The van der Waals surface area contributed by atoms with Crippen molar-refractivity contribution in [2.45, 2.75) is 45.6 Å². The van der Waals surface area contributed by atoms with Gasteiger partial charge in [0.05, 0.1) is 6.42 Å². The Morgan fingerprint density at radius 3 is 2.33 bits per heavy atom. The van der Waals surface area contributed by atoms with Crippen LogP contribution in [-0.4, -0.2) is 65.7 Å². The molecule has 6 heteroatoms. The molecule has 21 heavy (non-hydrogen) atoms. The van der Waals surface area contributed by atoms with Crippen molar-refractivity contribution < 1.29 is 14.7 Å². The van der Waals surface area contributed by atoms with Gasteiger partial charge >= 0.3 is 12.0 Å². The van der Waals surface area contributed by atoms with Crippen molar-refractivity contribution in [3.8, 4) is 0 Å². The quantitative estimate of drug-likeness (QED) is 0.809. The van der Waals surface area contributed by atoms with Gasteiger partial charge in [0, 0.05) is 18.6 Å². The first kappa shape index (κ1) is 17.8. The van der Waals surface area contributed by atoms with Crippen LogP contribution in [0.5, 0.6) is 0 Å². The molecule has 1 heterocycles. The van der Waals surface area contributed by atoms with Crippen LogP contribution < -0.4 is 5.32 Å². The highest BCUT2D eigenvalue weighted by Crippen LogP contribution is 2.17. The molecule has 0 aliphatic carbocycles. The molecule has 0 spiro atoms. The van der Waals surface area contributed by atoms with Crippen LogP contribution in [0.25, 0.3) is 0 Å². The Morgan fingerprint density at radius 2 is 1.86 bits per heavy atom. The van der Waals surface area contributed by atoms with Gasteiger partial charge in [0.2, 0.25) is 0 Å². The number of piperidine rings is 1. The number of carboxylic acids is 1. The smallest absolute Gasteiger partial charge is 0.317 e. The molecule has 1 fully saturated rings. The van der Waals surface area contributed by atoms with Gasteiger partial charge in [-0.05, 0) is 59.7 Å². The van der Waals surface area contributed by atoms with E-state index in [1.165, 1.54) is 0 Å². The lowest BCUT2D eigenvalue weighted by molar-refractivity contribution is -0.137. The summed E-state index contributed by atoms with van der Waals surface area (Å²) in [6.45, 7) is 8.81. The fraction of sp³-hybridized carbons (Fsp3) is 0.867. The van der Waals surface area contributed by atoms with Crippen molar-refractivity contribution in [2.24, 2.45) is 5.92 Å². The highest BCUT2D eigenvalue weighted by molar-refractivity contribution is 5.76. The first-order valence-corrected chi connectivity index (χ1v) is 7.66. The number of nitrogens with one attached hydrogen (secondary N) is 1. The molecule has 1 aliphatic heterocycles. The molecule has 1 rings (SSSR count). The molecule has 0 aromatic heterocycles. The van der Waals surface area contributed by atoms with Crippen LogP contribution in [0, 0.1) is 5.92 Å². The van der Waals surface area contributed by atoms with E-state index in [4.69, 9.17) is 5.11 Å². The van der Waals surface area contributed by atoms with E-state index in [1.807, 2.05) is 20.8 Å². The van der Waals surface area contributed by atoms with Gasteiger partial charge in [-0.25, -0.2) is 4.79 Å². The van der Waals surface area contributed by atoms with Crippen LogP contribution in [0.4, 0.5) is 4.79 Å². The number of urea groups is 1. The minimum atomic E-state index is -0.882. The van der Waals surface area contributed by atoms with Gasteiger partial charge in [-0.2, -0.15) is 0 Å². The number of amides is 2. The highest BCUT2D eigenvalue weighted by atomic mass is 16.4. The predicted molar refractivity (Wildman–Crippen MR) is 82.3 cm³/mol. The molecule has 0 aromatic carbocycles. The Bertz CT molecular complexity index is 358. The zero-order chi connectivity index (χ0) is 16.0. The van der Waals surface area contributed by atoms with Crippen LogP contribution in [0.1, 0.15) is 40.0 Å². The van der Waals surface area contributed by atoms with E-state index < -0.39 is 5.97 Å². The van der Waals surface area contributed by atoms with Gasteiger partial charge in [0.1, 0.15) is 0 Å². The topological polar surface area (TPSA) is 72.9 Å². The van der Waals surface area contributed by atoms with E-state index in [2.05, 4.69) is 17.3 Å². The van der Waals surface area contributed by atoms with Crippen LogP contribution in [-0.2, 0) is 4.79 Å². The molecule has 0 saturated carbocycles. The first-order chi connectivity index (χ1) is 9.70. The summed E-state index contributed by atoms with van der Waals surface area (Å²) in [4.78, 5) is 27.0. The van der Waals surface area contributed by atoms with Crippen molar-refractivity contribution in [1.82, 2.24) is 15.1 Å². The van der Waals surface area contributed by atoms with Gasteiger partial charge < -0.3 is 20.2 Å². The molecule has 122 valence electrons. The van der Waals surface area contributed by atoms with E-state index in [1.54, 1.807) is 4.90 Å². The number of carbonyl (C=O) groups excluding carboxylic acids is 1. The lowest BCUT2D eigenvalue weighted by Gasteiger charge is -2.36. The van der Waals surface area contributed by atoms with Gasteiger partial charge in [0.15, 0.2) is 0 Å². The molecule has 0 unspecified atom stereocenters. The monoisotopic (exact) mass is 299 g/mol. The number of rotatable bonds is 5. The van der Waals surface area contributed by atoms with Gasteiger partial charge in [0.25, 0.3) is 0 Å². The standard InChI is InChI=1S/C15H29N3O3/c1-15(2,3)18(10-7-13(19)20)14(21)16-11-12-5-8-17(4)9-6-12/h12H,5-11H2,1-4H3,(H,16,21)(H,19,20). The molecule has 6 nitrogen and oxygen atoms in total. The van der Waals surface area contributed by atoms with E-state index in [0.29, 0.717) is 12.5 Å². The van der Waals surface area contributed by atoms with Crippen molar-refractivity contribution in [3.05, 3.63) is 0 Å². The van der Waals surface area contributed by atoms with E-state index in [0.717, 1.165) is 25.9 Å². The first-order valence-electron chi connectivity index (χ1n) is 7.66. The molecule has 0 atom stereocenters. The average molecular weight is 299 g/mol. The van der Waals surface area contributed by atoms with Crippen LogP contribution in [0.15, 0.2) is 0 Å². The minimum Gasteiger partial charge on any atom is -0.481 e. The van der Waals surface area contributed by atoms with Crippen molar-refractivity contribution in [2.75, 3.05) is 33.2 Å². The summed E-state index contributed by atoms with van der Waals surface area (Å²) in [6, 6.07) is -0.164. The normalized spacial score (nSPS) is 17.5. The Hall–Kier alpha value is -1.30. The van der Waals surface area contributed by atoms with Crippen LogP contribution >= 0.6 is 0 Å². The van der Waals surface area contributed by atoms with Crippen LogP contribution in [0.3, 0.4) is 0 Å². The fourth-order valence-corrected chi connectivity index (χ4v) is 2.54. The molecular formula is C15H29N3O3. The van der Waals surface area contributed by atoms with Gasteiger partial charge in [-0.1, -0.05) is 0 Å². The summed E-state index contributed by atoms with van der Waals surface area (Å²) in [5.41, 5.74) is -0.383. The summed E-state index contributed by atoms with van der Waals surface area (Å²) in [5, 5.41) is 11.8. The highest BCUT2D eigenvalue weighted by Gasteiger charge is 2.27. The molecule has 1 saturated heterocycles. The summed E-state index contributed by atoms with van der Waals surface area (Å²) in [6.07, 6.45) is 2.17. The number of aliphatic carboxylic acids is 1. The second-order valence-electron chi connectivity index (χ2n) is 6.90. The number of carbonyl (C=O) groups is 2. The number of carboxylic acid groups (broad SMARTS) is 1. The number of likely N-dealkylation sites (tertiary alicyclic amines) is 1. The Labute approximate surface area is 127 Å². The lowest BCUT2D eigenvalue weighted by Crippen LogP contribution is -2.52. The maximum atomic E-state index is 12.3. The molecular weight excluding hydrogens is 270 g/mol. The maximum Gasteiger partial charge on any atom is 0.317 e. The SMILES string of the molecule is CN1CCC(CNC(=O)N(CCC(=O)O)C(C)(C)C)CC1. The van der Waals surface area contributed by atoms with E-state index >= 15 is 0 Å². The summed E-state index contributed by atoms with van der Waals surface area (Å²) < 4.78 is 0. The predicted octanol–water partition coefficient (Wildman–Crippen LogP) is 1.61. The molecule has 2 amide bonds. The second kappa shape index (κ2) is 7.64. The van der Waals surface area contributed by atoms with E-state index in [9.17, 15) is 9.59 Å². The summed E-state index contributed by atoms with van der Waals surface area (Å²) in [7, 11) is 2.11. The van der Waals surface area contributed by atoms with Gasteiger partial charge in [-0.3, -0.25) is 4.79 Å². The summed E-state index contributed by atoms with van der Waals surface area (Å²) >= 11 is 0. The number of hydrogen-bond donors (Lipinski definition) is 2. The molecule has 0 aromatic rings. The largest absolute Gasteiger partial charge is 0.481 e.